The third-order valence-corrected chi connectivity index (χ3v) is 4.68. The molecule has 1 N–H and O–H groups in total. The molecule has 0 aliphatic rings. The van der Waals surface area contributed by atoms with E-state index in [0.717, 1.165) is 35.9 Å². The van der Waals surface area contributed by atoms with Crippen LogP contribution in [-0.4, -0.2) is 31.6 Å². The van der Waals surface area contributed by atoms with Gasteiger partial charge in [-0.25, -0.2) is 0 Å². The van der Waals surface area contributed by atoms with Crippen LogP contribution in [0.2, 0.25) is 0 Å². The van der Waals surface area contributed by atoms with E-state index < -0.39 is 0 Å². The molecule has 0 spiro atoms. The summed E-state index contributed by atoms with van der Waals surface area (Å²) in [6.07, 6.45) is 2.10. The van der Waals surface area contributed by atoms with Gasteiger partial charge in [0.25, 0.3) is 0 Å². The molecule has 0 aliphatic heterocycles. The number of anilines is 1. The first-order valence-corrected chi connectivity index (χ1v) is 9.50. The van der Waals surface area contributed by atoms with E-state index in [1.165, 1.54) is 11.8 Å². The summed E-state index contributed by atoms with van der Waals surface area (Å²) < 4.78 is 7.03. The van der Waals surface area contributed by atoms with E-state index in [1.54, 1.807) is 13.0 Å². The van der Waals surface area contributed by atoms with Crippen molar-refractivity contribution in [2.24, 2.45) is 0 Å². The van der Waals surface area contributed by atoms with Gasteiger partial charge in [-0.15, -0.1) is 10.2 Å². The molecule has 26 heavy (non-hydrogen) atoms. The smallest absolute Gasteiger partial charge is 0.236 e. The SMILES string of the molecule is CCCCn1c(SCC(=O)Nc2cc(C)on2)nnc1-c1ccccc1. The summed E-state index contributed by atoms with van der Waals surface area (Å²) in [6, 6.07) is 11.6. The molecule has 3 aromatic rings. The van der Waals surface area contributed by atoms with Gasteiger partial charge in [0.15, 0.2) is 16.8 Å². The number of benzene rings is 1. The van der Waals surface area contributed by atoms with Gasteiger partial charge in [0.2, 0.25) is 5.91 Å². The molecule has 7 nitrogen and oxygen atoms in total. The van der Waals surface area contributed by atoms with Gasteiger partial charge in [0, 0.05) is 18.2 Å². The van der Waals surface area contributed by atoms with Crippen LogP contribution in [0.15, 0.2) is 46.1 Å². The quantitative estimate of drug-likeness (QED) is 0.607. The second-order valence-corrected chi connectivity index (χ2v) is 6.78. The van der Waals surface area contributed by atoms with Crippen LogP contribution in [0.25, 0.3) is 11.4 Å². The molecule has 0 unspecified atom stereocenters. The lowest BCUT2D eigenvalue weighted by atomic mass is 10.2. The monoisotopic (exact) mass is 371 g/mol. The van der Waals surface area contributed by atoms with Gasteiger partial charge < -0.3 is 14.4 Å². The van der Waals surface area contributed by atoms with E-state index in [0.29, 0.717) is 11.6 Å². The van der Waals surface area contributed by atoms with E-state index in [9.17, 15) is 4.79 Å². The molecule has 1 amide bonds. The summed E-state index contributed by atoms with van der Waals surface area (Å²) in [4.78, 5) is 12.1. The largest absolute Gasteiger partial charge is 0.360 e. The van der Waals surface area contributed by atoms with E-state index in [4.69, 9.17) is 4.52 Å². The first-order chi connectivity index (χ1) is 12.7. The molecule has 0 aliphatic carbocycles. The Morgan fingerprint density at radius 1 is 1.27 bits per heavy atom. The molecule has 136 valence electrons. The van der Waals surface area contributed by atoms with E-state index in [-0.39, 0.29) is 11.7 Å². The maximum atomic E-state index is 12.1. The van der Waals surface area contributed by atoms with Crippen molar-refractivity contribution in [3.63, 3.8) is 0 Å². The van der Waals surface area contributed by atoms with Crippen molar-refractivity contribution >= 4 is 23.5 Å². The molecule has 0 bridgehead atoms. The Bertz CT molecular complexity index is 860. The van der Waals surface area contributed by atoms with Crippen LogP contribution in [0.4, 0.5) is 5.82 Å². The molecule has 8 heteroatoms. The number of aromatic nitrogens is 4. The van der Waals surface area contributed by atoms with E-state index >= 15 is 0 Å². The van der Waals surface area contributed by atoms with Crippen LogP contribution in [0, 0.1) is 6.92 Å². The first kappa shape index (κ1) is 18.2. The van der Waals surface area contributed by atoms with E-state index in [2.05, 4.69) is 32.2 Å². The molecule has 0 saturated carbocycles. The zero-order valence-corrected chi connectivity index (χ0v) is 15.6. The number of thioether (sulfide) groups is 1. The average molecular weight is 371 g/mol. The predicted molar refractivity (Wildman–Crippen MR) is 101 cm³/mol. The maximum absolute atomic E-state index is 12.1. The highest BCUT2D eigenvalue weighted by Crippen LogP contribution is 2.24. The normalized spacial score (nSPS) is 10.8. The number of rotatable bonds is 8. The minimum absolute atomic E-state index is 0.158. The second-order valence-electron chi connectivity index (χ2n) is 5.84. The number of carbonyl (C=O) groups is 1. The first-order valence-electron chi connectivity index (χ1n) is 8.52. The molecule has 0 saturated heterocycles. The fourth-order valence-corrected chi connectivity index (χ4v) is 3.21. The van der Waals surface area contributed by atoms with Gasteiger partial charge in [-0.1, -0.05) is 60.6 Å². The highest BCUT2D eigenvalue weighted by molar-refractivity contribution is 7.99. The Balaban J connectivity index is 1.70. The number of amides is 1. The van der Waals surface area contributed by atoms with Gasteiger partial charge in [-0.2, -0.15) is 0 Å². The molecule has 0 fully saturated rings. The summed E-state index contributed by atoms with van der Waals surface area (Å²) in [5.74, 6) is 1.97. The summed E-state index contributed by atoms with van der Waals surface area (Å²) in [6.45, 7) is 4.74. The molecule has 2 heterocycles. The predicted octanol–water partition coefficient (Wildman–Crippen LogP) is 3.77. The summed E-state index contributed by atoms with van der Waals surface area (Å²) in [5, 5.41) is 15.8. The molecule has 0 radical (unpaired) electrons. The average Bonchev–Trinajstić information content (AvgIpc) is 3.24. The molecule has 1 aromatic carbocycles. The zero-order chi connectivity index (χ0) is 18.4. The molecular formula is C18H21N5O2S. The number of unbranched alkanes of at least 4 members (excludes halogenated alkanes) is 1. The Labute approximate surface area is 156 Å². The highest BCUT2D eigenvalue weighted by atomic mass is 32.2. The van der Waals surface area contributed by atoms with E-state index in [1.807, 2.05) is 30.3 Å². The van der Waals surface area contributed by atoms with Crippen LogP contribution in [-0.2, 0) is 11.3 Å². The fourth-order valence-electron chi connectivity index (χ4n) is 2.45. The minimum atomic E-state index is -0.158. The van der Waals surface area contributed by atoms with Crippen molar-refractivity contribution in [2.45, 2.75) is 38.4 Å². The lowest BCUT2D eigenvalue weighted by molar-refractivity contribution is -0.113. The van der Waals surface area contributed by atoms with Crippen LogP contribution in [0.1, 0.15) is 25.5 Å². The van der Waals surface area contributed by atoms with Crippen molar-refractivity contribution in [1.82, 2.24) is 19.9 Å². The topological polar surface area (TPSA) is 85.8 Å². The van der Waals surface area contributed by atoms with Gasteiger partial charge in [0.1, 0.15) is 5.76 Å². The number of carbonyl (C=O) groups excluding carboxylic acids is 1. The van der Waals surface area contributed by atoms with Crippen LogP contribution in [0.5, 0.6) is 0 Å². The maximum Gasteiger partial charge on any atom is 0.236 e. The second kappa shape index (κ2) is 8.66. The third-order valence-electron chi connectivity index (χ3n) is 3.71. The lowest BCUT2D eigenvalue weighted by Crippen LogP contribution is -2.15. The van der Waals surface area contributed by atoms with Crippen LogP contribution >= 0.6 is 11.8 Å². The molecule has 0 atom stereocenters. The van der Waals surface area contributed by atoms with Crippen molar-refractivity contribution in [2.75, 3.05) is 11.1 Å². The number of nitrogens with one attached hydrogen (secondary N) is 1. The van der Waals surface area contributed by atoms with Gasteiger partial charge in [-0.05, 0) is 13.3 Å². The van der Waals surface area contributed by atoms with Crippen molar-refractivity contribution < 1.29 is 9.32 Å². The Morgan fingerprint density at radius 3 is 2.77 bits per heavy atom. The lowest BCUT2D eigenvalue weighted by Gasteiger charge is -2.09. The van der Waals surface area contributed by atoms with Gasteiger partial charge in [-0.3, -0.25) is 4.79 Å². The van der Waals surface area contributed by atoms with Crippen molar-refractivity contribution in [3.05, 3.63) is 42.2 Å². The minimum Gasteiger partial charge on any atom is -0.360 e. The Kier molecular flexibility index (Phi) is 6.06. The zero-order valence-electron chi connectivity index (χ0n) is 14.8. The summed E-state index contributed by atoms with van der Waals surface area (Å²) in [5.41, 5.74) is 1.02. The Hall–Kier alpha value is -2.61. The highest BCUT2D eigenvalue weighted by Gasteiger charge is 2.15. The fraction of sp³-hybridized carbons (Fsp3) is 0.333. The molecule has 3 rings (SSSR count). The van der Waals surface area contributed by atoms with Crippen LogP contribution < -0.4 is 5.32 Å². The number of hydrogen-bond acceptors (Lipinski definition) is 6. The van der Waals surface area contributed by atoms with Crippen LogP contribution in [0.3, 0.4) is 0 Å². The van der Waals surface area contributed by atoms with Crippen molar-refractivity contribution in [3.8, 4) is 11.4 Å². The Morgan fingerprint density at radius 2 is 2.08 bits per heavy atom. The number of hydrogen-bond donors (Lipinski definition) is 1. The van der Waals surface area contributed by atoms with Gasteiger partial charge in [0.05, 0.1) is 5.75 Å². The van der Waals surface area contributed by atoms with Crippen molar-refractivity contribution in [1.29, 1.82) is 0 Å². The molecular weight excluding hydrogens is 350 g/mol. The number of aryl methyl sites for hydroxylation is 1. The third kappa shape index (κ3) is 4.51. The summed E-state index contributed by atoms with van der Waals surface area (Å²) >= 11 is 1.37. The number of nitrogens with zero attached hydrogens (tertiary/aromatic N) is 4. The molecule has 2 aromatic heterocycles. The summed E-state index contributed by atoms with van der Waals surface area (Å²) in [7, 11) is 0. The standard InChI is InChI=1S/C18H21N5O2S/c1-3-4-10-23-17(14-8-6-5-7-9-14)20-21-18(23)26-12-16(24)19-15-11-13(2)25-22-15/h5-9,11H,3-4,10,12H2,1-2H3,(H,19,22,24). The van der Waals surface area contributed by atoms with Gasteiger partial charge >= 0.3 is 0 Å².